The van der Waals surface area contributed by atoms with Crippen molar-refractivity contribution in [2.24, 2.45) is 0 Å². The van der Waals surface area contributed by atoms with Crippen LogP contribution in [0.2, 0.25) is 0 Å². The van der Waals surface area contributed by atoms with Gasteiger partial charge in [0.15, 0.2) is 5.78 Å². The number of rotatable bonds is 2. The first-order valence-corrected chi connectivity index (χ1v) is 13.0. The van der Waals surface area contributed by atoms with E-state index in [0.29, 0.717) is 0 Å². The summed E-state index contributed by atoms with van der Waals surface area (Å²) in [6, 6.07) is 44.8. The van der Waals surface area contributed by atoms with Gasteiger partial charge in [-0.05, 0) is 73.8 Å². The molecule has 37 heavy (non-hydrogen) atoms. The molecule has 0 N–H and O–H groups in total. The van der Waals surface area contributed by atoms with E-state index in [0.717, 1.165) is 29.5 Å². The third-order valence-corrected chi connectivity index (χ3v) is 7.89. The van der Waals surface area contributed by atoms with Gasteiger partial charge in [0.1, 0.15) is 0 Å². The summed E-state index contributed by atoms with van der Waals surface area (Å²) >= 11 is 0. The molecule has 1 unspecified atom stereocenters. The average Bonchev–Trinajstić information content (AvgIpc) is 2.96. The topological polar surface area (TPSA) is 17.1 Å². The van der Waals surface area contributed by atoms with Crippen molar-refractivity contribution in [3.05, 3.63) is 144 Å². The van der Waals surface area contributed by atoms with Gasteiger partial charge in [-0.1, -0.05) is 121 Å². The normalized spacial score (nSPS) is 15.1. The number of fused-ring (bicyclic) bond motifs is 6. The van der Waals surface area contributed by atoms with Crippen LogP contribution in [0.15, 0.2) is 127 Å². The molecule has 176 valence electrons. The second-order valence-corrected chi connectivity index (χ2v) is 9.97. The Morgan fingerprint density at radius 2 is 1.19 bits per heavy atom. The van der Waals surface area contributed by atoms with E-state index in [-0.39, 0.29) is 11.7 Å². The third kappa shape index (κ3) is 3.67. The fourth-order valence-electron chi connectivity index (χ4n) is 6.08. The zero-order valence-corrected chi connectivity index (χ0v) is 20.5. The second-order valence-electron chi connectivity index (χ2n) is 9.97. The number of hydrogen-bond donors (Lipinski definition) is 0. The molecule has 1 nitrogen and oxygen atoms in total. The van der Waals surface area contributed by atoms with Crippen molar-refractivity contribution in [3.63, 3.8) is 0 Å². The molecule has 1 atom stereocenters. The maximum atomic E-state index is 14.0. The lowest BCUT2D eigenvalue weighted by Crippen LogP contribution is -2.17. The van der Waals surface area contributed by atoms with Gasteiger partial charge < -0.3 is 0 Å². The molecule has 0 aliphatic heterocycles. The van der Waals surface area contributed by atoms with E-state index in [9.17, 15) is 4.79 Å². The van der Waals surface area contributed by atoms with Gasteiger partial charge in [-0.3, -0.25) is 4.79 Å². The quantitative estimate of drug-likeness (QED) is 0.229. The van der Waals surface area contributed by atoms with Crippen LogP contribution in [0.3, 0.4) is 0 Å². The van der Waals surface area contributed by atoms with Crippen LogP contribution in [0.1, 0.15) is 33.8 Å². The van der Waals surface area contributed by atoms with Gasteiger partial charge in [-0.15, -0.1) is 0 Å². The van der Waals surface area contributed by atoms with Crippen molar-refractivity contribution in [1.82, 2.24) is 0 Å². The zero-order valence-electron chi connectivity index (χ0n) is 20.5. The SMILES string of the molecule is O=C1c2ccccc2-c2ccccc2CCC1c1ccc2c(c1)cc(-c1ccccc1)c1ccccc12. The van der Waals surface area contributed by atoms with Crippen molar-refractivity contribution < 1.29 is 4.79 Å². The molecule has 0 heterocycles. The molecule has 0 amide bonds. The Labute approximate surface area is 217 Å². The average molecular weight is 475 g/mol. The summed E-state index contributed by atoms with van der Waals surface area (Å²) in [5.41, 5.74) is 7.89. The Morgan fingerprint density at radius 3 is 2.03 bits per heavy atom. The number of carbonyl (C=O) groups excluding carboxylic acids is 1. The fourth-order valence-corrected chi connectivity index (χ4v) is 6.08. The van der Waals surface area contributed by atoms with Crippen LogP contribution < -0.4 is 0 Å². The summed E-state index contributed by atoms with van der Waals surface area (Å²) in [5.74, 6) is 0.0408. The highest BCUT2D eigenvalue weighted by Gasteiger charge is 2.27. The van der Waals surface area contributed by atoms with Gasteiger partial charge in [0, 0.05) is 11.5 Å². The van der Waals surface area contributed by atoms with Crippen molar-refractivity contribution >= 4 is 27.3 Å². The zero-order chi connectivity index (χ0) is 24.8. The Balaban J connectivity index is 1.40. The smallest absolute Gasteiger partial charge is 0.170 e. The summed E-state index contributed by atoms with van der Waals surface area (Å²) in [6.07, 6.45) is 1.68. The Morgan fingerprint density at radius 1 is 0.514 bits per heavy atom. The molecule has 1 aliphatic carbocycles. The third-order valence-electron chi connectivity index (χ3n) is 7.89. The monoisotopic (exact) mass is 474 g/mol. The summed E-state index contributed by atoms with van der Waals surface area (Å²) in [5, 5.41) is 4.90. The molecule has 0 fully saturated rings. The summed E-state index contributed by atoms with van der Waals surface area (Å²) in [7, 11) is 0. The van der Waals surface area contributed by atoms with Gasteiger partial charge in [-0.2, -0.15) is 0 Å². The van der Waals surface area contributed by atoms with E-state index in [1.165, 1.54) is 43.8 Å². The van der Waals surface area contributed by atoms with E-state index in [1.807, 2.05) is 18.2 Å². The summed E-state index contributed by atoms with van der Waals surface area (Å²) < 4.78 is 0. The summed E-state index contributed by atoms with van der Waals surface area (Å²) in [4.78, 5) is 14.0. The molecule has 6 aromatic rings. The first kappa shape index (κ1) is 21.8. The van der Waals surface area contributed by atoms with Gasteiger partial charge in [0.25, 0.3) is 0 Å². The predicted octanol–water partition coefficient (Wildman–Crippen LogP) is 9.24. The maximum Gasteiger partial charge on any atom is 0.170 e. The van der Waals surface area contributed by atoms with Crippen LogP contribution in [0.25, 0.3) is 43.8 Å². The minimum Gasteiger partial charge on any atom is -0.293 e. The Kier molecular flexibility index (Phi) is 5.22. The lowest BCUT2D eigenvalue weighted by molar-refractivity contribution is 0.0955. The number of Topliss-reactive ketones (excluding diaryl/α,β-unsaturated/α-hetero) is 1. The molecule has 0 aromatic heterocycles. The minimum atomic E-state index is -0.175. The molecule has 1 heteroatoms. The Hall–Kier alpha value is -4.49. The van der Waals surface area contributed by atoms with E-state index in [4.69, 9.17) is 0 Å². The van der Waals surface area contributed by atoms with E-state index in [2.05, 4.69) is 109 Å². The van der Waals surface area contributed by atoms with Gasteiger partial charge in [0.2, 0.25) is 0 Å². The lowest BCUT2D eigenvalue weighted by Gasteiger charge is -2.24. The van der Waals surface area contributed by atoms with Crippen LogP contribution in [0, 0.1) is 0 Å². The number of benzene rings is 6. The van der Waals surface area contributed by atoms with Crippen LogP contribution in [-0.4, -0.2) is 5.78 Å². The molecular formula is C36H26O. The largest absolute Gasteiger partial charge is 0.293 e. The molecule has 0 bridgehead atoms. The van der Waals surface area contributed by atoms with Crippen LogP contribution >= 0.6 is 0 Å². The van der Waals surface area contributed by atoms with Gasteiger partial charge >= 0.3 is 0 Å². The minimum absolute atomic E-state index is 0.175. The van der Waals surface area contributed by atoms with Crippen molar-refractivity contribution in [3.8, 4) is 22.3 Å². The standard InChI is InChI=1S/C36H26O/c37-36-30(21-18-25-12-4-5-13-28(25)32-15-8-9-17-34(32)36)26-19-20-29-27(22-26)23-35(24-10-2-1-3-11-24)33-16-7-6-14-31(29)33/h1-17,19-20,22-23,30H,18,21H2. The van der Waals surface area contributed by atoms with Crippen molar-refractivity contribution in [1.29, 1.82) is 0 Å². The molecule has 7 rings (SSSR count). The molecular weight excluding hydrogens is 448 g/mol. The molecule has 0 saturated heterocycles. The summed E-state index contributed by atoms with van der Waals surface area (Å²) in [6.45, 7) is 0. The molecule has 0 radical (unpaired) electrons. The highest BCUT2D eigenvalue weighted by atomic mass is 16.1. The maximum absolute atomic E-state index is 14.0. The van der Waals surface area contributed by atoms with Gasteiger partial charge in [-0.25, -0.2) is 0 Å². The molecule has 6 aromatic carbocycles. The van der Waals surface area contributed by atoms with Gasteiger partial charge in [0.05, 0.1) is 0 Å². The van der Waals surface area contributed by atoms with E-state index < -0.39 is 0 Å². The van der Waals surface area contributed by atoms with E-state index >= 15 is 0 Å². The van der Waals surface area contributed by atoms with Crippen LogP contribution in [-0.2, 0) is 6.42 Å². The highest BCUT2D eigenvalue weighted by molar-refractivity contribution is 6.14. The number of ketones is 1. The highest BCUT2D eigenvalue weighted by Crippen LogP contribution is 2.40. The van der Waals surface area contributed by atoms with Crippen LogP contribution in [0.5, 0.6) is 0 Å². The first-order chi connectivity index (χ1) is 18.3. The molecule has 0 spiro atoms. The Bertz CT molecular complexity index is 1800. The lowest BCUT2D eigenvalue weighted by atomic mass is 9.79. The van der Waals surface area contributed by atoms with Crippen molar-refractivity contribution in [2.75, 3.05) is 0 Å². The second kappa shape index (κ2) is 8.87. The number of aryl methyl sites for hydroxylation is 1. The molecule has 0 saturated carbocycles. The first-order valence-electron chi connectivity index (χ1n) is 13.0. The van der Waals surface area contributed by atoms with Crippen LogP contribution in [0.4, 0.5) is 0 Å². The van der Waals surface area contributed by atoms with Crippen molar-refractivity contribution in [2.45, 2.75) is 18.8 Å². The fraction of sp³-hybridized carbons (Fsp3) is 0.0833. The number of hydrogen-bond acceptors (Lipinski definition) is 1. The predicted molar refractivity (Wildman–Crippen MR) is 154 cm³/mol. The van der Waals surface area contributed by atoms with E-state index in [1.54, 1.807) is 0 Å². The molecule has 1 aliphatic rings. The number of carbonyl (C=O) groups is 1.